The minimum Gasteiger partial charge on any atom is -0.310 e. The molecule has 0 saturated heterocycles. The van der Waals surface area contributed by atoms with Crippen LogP contribution in [0, 0.1) is 5.82 Å². The lowest BCUT2D eigenvalue weighted by molar-refractivity contribution is 0.555. The van der Waals surface area contributed by atoms with E-state index in [4.69, 9.17) is 0 Å². The summed E-state index contributed by atoms with van der Waals surface area (Å²) in [5.74, 6) is -0.366. The van der Waals surface area contributed by atoms with E-state index in [0.717, 1.165) is 25.7 Å². The summed E-state index contributed by atoms with van der Waals surface area (Å²) >= 11 is 0. The van der Waals surface area contributed by atoms with Gasteiger partial charge < -0.3 is 5.32 Å². The summed E-state index contributed by atoms with van der Waals surface area (Å²) in [6.45, 7) is 2.25. The predicted molar refractivity (Wildman–Crippen MR) is 74.2 cm³/mol. The van der Waals surface area contributed by atoms with Crippen molar-refractivity contribution in [3.63, 3.8) is 0 Å². The number of benzene rings is 1. The van der Waals surface area contributed by atoms with Crippen molar-refractivity contribution in [2.24, 2.45) is 0 Å². The molecule has 0 unspecified atom stereocenters. The van der Waals surface area contributed by atoms with Gasteiger partial charge in [-0.25, -0.2) is 17.5 Å². The molecule has 1 aromatic rings. The molecule has 1 aromatic carbocycles. The van der Waals surface area contributed by atoms with Crippen LogP contribution < -0.4 is 10.0 Å². The highest BCUT2D eigenvalue weighted by Gasteiger charge is 2.41. The number of nitrogens with one attached hydrogen (secondary N) is 2. The van der Waals surface area contributed by atoms with Gasteiger partial charge in [0.2, 0.25) is 10.0 Å². The van der Waals surface area contributed by atoms with Crippen molar-refractivity contribution in [1.82, 2.24) is 10.0 Å². The van der Waals surface area contributed by atoms with E-state index in [1.165, 1.54) is 18.2 Å². The standard InChI is InChI=1S/C14H19FN2O2S/c1-14(6-7-14)17-20(18,19)12-4-5-13(15)10(8-12)9-16-11-2-3-11/h4-5,8,11,16-17H,2-3,6-7,9H2,1H3. The summed E-state index contributed by atoms with van der Waals surface area (Å²) in [6, 6.07) is 4.44. The third-order valence-electron chi connectivity index (χ3n) is 3.87. The second kappa shape index (κ2) is 4.79. The summed E-state index contributed by atoms with van der Waals surface area (Å²) in [5, 5.41) is 3.20. The molecule has 20 heavy (non-hydrogen) atoms. The van der Waals surface area contributed by atoms with Gasteiger partial charge in [0.1, 0.15) is 5.82 Å². The molecule has 6 heteroatoms. The number of sulfonamides is 1. The number of halogens is 1. The Morgan fingerprint density at radius 2 is 2.05 bits per heavy atom. The highest BCUT2D eigenvalue weighted by molar-refractivity contribution is 7.89. The molecule has 2 aliphatic carbocycles. The van der Waals surface area contributed by atoms with E-state index in [2.05, 4.69) is 10.0 Å². The molecule has 0 aromatic heterocycles. The number of hydrogen-bond acceptors (Lipinski definition) is 3. The fraction of sp³-hybridized carbons (Fsp3) is 0.571. The van der Waals surface area contributed by atoms with Gasteiger partial charge in [-0.1, -0.05) is 0 Å². The SMILES string of the molecule is CC1(NS(=O)(=O)c2ccc(F)c(CNC3CC3)c2)CC1. The second-order valence-electron chi connectivity index (χ2n) is 6.07. The van der Waals surface area contributed by atoms with Gasteiger partial charge in [-0.15, -0.1) is 0 Å². The van der Waals surface area contributed by atoms with Crippen molar-refractivity contribution in [3.05, 3.63) is 29.6 Å². The highest BCUT2D eigenvalue weighted by atomic mass is 32.2. The molecular weight excluding hydrogens is 279 g/mol. The van der Waals surface area contributed by atoms with Crippen molar-refractivity contribution >= 4 is 10.0 Å². The Hall–Kier alpha value is -0.980. The average molecular weight is 298 g/mol. The molecule has 0 aliphatic heterocycles. The Morgan fingerprint density at radius 3 is 2.65 bits per heavy atom. The van der Waals surface area contributed by atoms with Crippen LogP contribution in [-0.4, -0.2) is 20.0 Å². The maximum atomic E-state index is 13.7. The van der Waals surface area contributed by atoms with Gasteiger partial charge in [0, 0.05) is 23.7 Å². The van der Waals surface area contributed by atoms with Crippen LogP contribution in [0.25, 0.3) is 0 Å². The molecule has 0 atom stereocenters. The van der Waals surface area contributed by atoms with Crippen LogP contribution >= 0.6 is 0 Å². The Kier molecular flexibility index (Phi) is 3.35. The van der Waals surface area contributed by atoms with Crippen LogP contribution in [-0.2, 0) is 16.6 Å². The van der Waals surface area contributed by atoms with E-state index in [9.17, 15) is 12.8 Å². The molecule has 0 bridgehead atoms. The molecule has 0 spiro atoms. The van der Waals surface area contributed by atoms with Crippen molar-refractivity contribution in [3.8, 4) is 0 Å². The van der Waals surface area contributed by atoms with Crippen LogP contribution in [0.5, 0.6) is 0 Å². The fourth-order valence-electron chi connectivity index (χ4n) is 2.07. The Morgan fingerprint density at radius 1 is 1.35 bits per heavy atom. The maximum Gasteiger partial charge on any atom is 0.241 e. The molecule has 2 saturated carbocycles. The lowest BCUT2D eigenvalue weighted by atomic mass is 10.2. The number of rotatable bonds is 6. The topological polar surface area (TPSA) is 58.2 Å². The lowest BCUT2D eigenvalue weighted by Crippen LogP contribution is -2.34. The Labute approximate surface area is 118 Å². The second-order valence-corrected chi connectivity index (χ2v) is 7.76. The van der Waals surface area contributed by atoms with E-state index in [-0.39, 0.29) is 16.3 Å². The van der Waals surface area contributed by atoms with Crippen LogP contribution in [0.4, 0.5) is 4.39 Å². The quantitative estimate of drug-likeness (QED) is 0.843. The summed E-state index contributed by atoms with van der Waals surface area (Å²) in [4.78, 5) is 0.139. The van der Waals surface area contributed by atoms with Gasteiger partial charge in [-0.2, -0.15) is 0 Å². The van der Waals surface area contributed by atoms with Gasteiger partial charge >= 0.3 is 0 Å². The van der Waals surface area contributed by atoms with Gasteiger partial charge in [0.15, 0.2) is 0 Å². The molecule has 0 radical (unpaired) electrons. The van der Waals surface area contributed by atoms with Gasteiger partial charge in [-0.3, -0.25) is 0 Å². The van der Waals surface area contributed by atoms with E-state index in [0.29, 0.717) is 18.2 Å². The minimum atomic E-state index is -3.56. The van der Waals surface area contributed by atoms with Crippen molar-refractivity contribution in [2.75, 3.05) is 0 Å². The fourth-order valence-corrected chi connectivity index (χ4v) is 3.58. The first-order chi connectivity index (χ1) is 9.38. The van der Waals surface area contributed by atoms with Crippen molar-refractivity contribution in [2.45, 2.75) is 55.6 Å². The van der Waals surface area contributed by atoms with Gasteiger partial charge in [0.05, 0.1) is 4.90 Å². The van der Waals surface area contributed by atoms with E-state index in [1.807, 2.05) is 6.92 Å². The van der Waals surface area contributed by atoms with E-state index in [1.54, 1.807) is 0 Å². The lowest BCUT2D eigenvalue weighted by Gasteiger charge is -2.13. The van der Waals surface area contributed by atoms with Gasteiger partial charge in [0.25, 0.3) is 0 Å². The predicted octanol–water partition coefficient (Wildman–Crippen LogP) is 1.91. The van der Waals surface area contributed by atoms with Crippen LogP contribution in [0.3, 0.4) is 0 Å². The monoisotopic (exact) mass is 298 g/mol. The average Bonchev–Trinajstić information content (AvgIpc) is 3.26. The molecule has 4 nitrogen and oxygen atoms in total. The minimum absolute atomic E-state index is 0.139. The summed E-state index contributed by atoms with van der Waals surface area (Å²) in [6.07, 6.45) is 3.92. The zero-order valence-corrected chi connectivity index (χ0v) is 12.3. The third kappa shape index (κ3) is 3.19. The Balaban J connectivity index is 1.79. The zero-order chi connectivity index (χ0) is 14.4. The summed E-state index contributed by atoms with van der Waals surface area (Å²) in [7, 11) is -3.56. The summed E-state index contributed by atoms with van der Waals surface area (Å²) in [5.41, 5.74) is 0.0837. The maximum absolute atomic E-state index is 13.7. The van der Waals surface area contributed by atoms with Crippen molar-refractivity contribution in [1.29, 1.82) is 0 Å². The largest absolute Gasteiger partial charge is 0.310 e. The van der Waals surface area contributed by atoms with Crippen LogP contribution in [0.1, 0.15) is 38.2 Å². The van der Waals surface area contributed by atoms with E-state index >= 15 is 0 Å². The van der Waals surface area contributed by atoms with Crippen LogP contribution in [0.2, 0.25) is 0 Å². The highest BCUT2D eigenvalue weighted by Crippen LogP contribution is 2.36. The van der Waals surface area contributed by atoms with Crippen molar-refractivity contribution < 1.29 is 12.8 Å². The van der Waals surface area contributed by atoms with Crippen LogP contribution in [0.15, 0.2) is 23.1 Å². The third-order valence-corrected chi connectivity index (χ3v) is 5.50. The first-order valence-corrected chi connectivity index (χ1v) is 8.42. The Bertz CT molecular complexity index is 622. The smallest absolute Gasteiger partial charge is 0.241 e. The normalized spacial score (nSPS) is 20.9. The molecule has 0 amide bonds. The first-order valence-electron chi connectivity index (χ1n) is 6.94. The number of hydrogen-bond donors (Lipinski definition) is 2. The molecular formula is C14H19FN2O2S. The zero-order valence-electron chi connectivity index (χ0n) is 11.4. The molecule has 0 heterocycles. The molecule has 2 fully saturated rings. The molecule has 2 aliphatic rings. The first kappa shape index (κ1) is 14.0. The molecule has 2 N–H and O–H groups in total. The van der Waals surface area contributed by atoms with E-state index < -0.39 is 10.0 Å². The van der Waals surface area contributed by atoms with Gasteiger partial charge in [-0.05, 0) is 50.8 Å². The molecule has 3 rings (SSSR count). The summed E-state index contributed by atoms with van der Waals surface area (Å²) < 4.78 is 40.9. The molecule has 110 valence electrons.